The molecule has 1 atom stereocenters. The number of carboxylic acid groups (broad SMARTS) is 1. The maximum absolute atomic E-state index is 13.2. The van der Waals surface area contributed by atoms with Gasteiger partial charge in [-0.2, -0.15) is 0 Å². The van der Waals surface area contributed by atoms with E-state index in [1.807, 2.05) is 84.9 Å². The van der Waals surface area contributed by atoms with Crippen LogP contribution < -0.4 is 5.32 Å². The zero-order valence-corrected chi connectivity index (χ0v) is 22.6. The molecule has 1 unspecified atom stereocenters. The van der Waals surface area contributed by atoms with E-state index < -0.39 is 24.6 Å². The molecule has 41 heavy (non-hydrogen) atoms. The summed E-state index contributed by atoms with van der Waals surface area (Å²) in [6, 6.07) is 34.5. The van der Waals surface area contributed by atoms with Gasteiger partial charge < -0.3 is 20.1 Å². The van der Waals surface area contributed by atoms with Crippen molar-refractivity contribution in [2.24, 2.45) is 0 Å². The summed E-state index contributed by atoms with van der Waals surface area (Å²) in [6.45, 7) is -0.0188. The Balaban J connectivity index is 1.25. The van der Waals surface area contributed by atoms with Crippen LogP contribution >= 0.6 is 0 Å². The summed E-state index contributed by atoms with van der Waals surface area (Å²) in [4.78, 5) is 39.0. The number of alkyl carbamates (subject to hydrolysis) is 1. The van der Waals surface area contributed by atoms with Crippen molar-refractivity contribution in [1.82, 2.24) is 10.2 Å². The predicted octanol–water partition coefficient (Wildman–Crippen LogP) is 6.16. The number of nitrogens with zero attached hydrogens (tertiary/aromatic N) is 1. The first-order chi connectivity index (χ1) is 20.0. The molecule has 0 bridgehead atoms. The molecule has 5 rings (SSSR count). The molecule has 4 aromatic carbocycles. The smallest absolute Gasteiger partial charge is 0.407 e. The third-order valence-electron chi connectivity index (χ3n) is 7.38. The number of aliphatic carboxylic acids is 1. The van der Waals surface area contributed by atoms with Gasteiger partial charge in [0.15, 0.2) is 0 Å². The van der Waals surface area contributed by atoms with E-state index >= 15 is 0 Å². The average Bonchev–Trinajstić information content (AvgIpc) is 3.32. The van der Waals surface area contributed by atoms with Crippen LogP contribution in [0.1, 0.15) is 47.1 Å². The number of carboxylic acids is 1. The molecule has 0 heterocycles. The number of ether oxygens (including phenoxy) is 1. The minimum absolute atomic E-state index is 0.0589. The Morgan fingerprint density at radius 2 is 1.34 bits per heavy atom. The first-order valence-corrected chi connectivity index (χ1v) is 13.7. The van der Waals surface area contributed by atoms with Crippen molar-refractivity contribution in [2.45, 2.75) is 31.3 Å². The molecule has 1 aliphatic carbocycles. The number of rotatable bonds is 11. The highest BCUT2D eigenvalue weighted by molar-refractivity contribution is 5.81. The number of benzene rings is 4. The monoisotopic (exact) mass is 548 g/mol. The third-order valence-corrected chi connectivity index (χ3v) is 7.38. The lowest BCUT2D eigenvalue weighted by atomic mass is 9.98. The van der Waals surface area contributed by atoms with Gasteiger partial charge in [-0.25, -0.2) is 4.79 Å². The summed E-state index contributed by atoms with van der Waals surface area (Å²) in [5.41, 5.74) is 6.24. The van der Waals surface area contributed by atoms with Crippen LogP contribution in [0.15, 0.2) is 109 Å². The Kier molecular flexibility index (Phi) is 8.74. The maximum Gasteiger partial charge on any atom is 0.407 e. The van der Waals surface area contributed by atoms with Gasteiger partial charge in [-0.15, -0.1) is 0 Å². The van der Waals surface area contributed by atoms with Gasteiger partial charge in [0.05, 0.1) is 6.04 Å². The van der Waals surface area contributed by atoms with Gasteiger partial charge in [-0.1, -0.05) is 109 Å². The second-order valence-corrected chi connectivity index (χ2v) is 10.1. The number of hydrogen-bond acceptors (Lipinski definition) is 4. The highest BCUT2D eigenvalue weighted by atomic mass is 16.5. The molecule has 0 radical (unpaired) electrons. The maximum atomic E-state index is 13.2. The molecule has 7 heteroatoms. The molecule has 208 valence electrons. The number of nitrogens with one attached hydrogen (secondary N) is 1. The molecule has 0 fully saturated rings. The van der Waals surface area contributed by atoms with Crippen molar-refractivity contribution in [3.63, 3.8) is 0 Å². The second kappa shape index (κ2) is 13.0. The van der Waals surface area contributed by atoms with Crippen molar-refractivity contribution in [1.29, 1.82) is 0 Å². The molecule has 4 aromatic rings. The quantitative estimate of drug-likeness (QED) is 0.234. The van der Waals surface area contributed by atoms with E-state index in [1.54, 1.807) is 0 Å². The van der Waals surface area contributed by atoms with Crippen LogP contribution in [0.25, 0.3) is 11.1 Å². The molecule has 0 aliphatic heterocycles. The minimum Gasteiger partial charge on any atom is -0.480 e. The highest BCUT2D eigenvalue weighted by Gasteiger charge is 2.29. The molecule has 2 amide bonds. The molecule has 2 N–H and O–H groups in total. The van der Waals surface area contributed by atoms with Gasteiger partial charge in [-0.05, 0) is 39.8 Å². The number of fused-ring (bicyclic) bond motifs is 3. The fraction of sp³-hybridized carbons (Fsp3) is 0.206. The van der Waals surface area contributed by atoms with Crippen molar-refractivity contribution >= 4 is 18.0 Å². The first kappa shape index (κ1) is 27.6. The molecule has 0 saturated carbocycles. The zero-order valence-electron chi connectivity index (χ0n) is 22.6. The normalized spacial score (nSPS) is 12.6. The van der Waals surface area contributed by atoms with E-state index in [9.17, 15) is 19.5 Å². The highest BCUT2D eigenvalue weighted by Crippen LogP contribution is 2.44. The Morgan fingerprint density at radius 3 is 1.95 bits per heavy atom. The van der Waals surface area contributed by atoms with Gasteiger partial charge in [0.2, 0.25) is 5.91 Å². The number of carbonyl (C=O) groups is 3. The SMILES string of the molecule is O=C(O)CN(Cc1ccccc1)C(=O)CCC(NC(=O)OCC1c2ccccc2-c2ccccc21)c1ccccc1. The number of hydrogen-bond donors (Lipinski definition) is 2. The summed E-state index contributed by atoms with van der Waals surface area (Å²) in [5, 5.41) is 12.3. The predicted molar refractivity (Wildman–Crippen MR) is 156 cm³/mol. The molecule has 0 spiro atoms. The van der Waals surface area contributed by atoms with Gasteiger partial charge >= 0.3 is 12.1 Å². The Hall–Kier alpha value is -4.91. The van der Waals surface area contributed by atoms with Crippen LogP contribution in [0.4, 0.5) is 4.79 Å². The van der Waals surface area contributed by atoms with Crippen LogP contribution in [0.5, 0.6) is 0 Å². The van der Waals surface area contributed by atoms with Crippen LogP contribution in [0, 0.1) is 0 Å². The third kappa shape index (κ3) is 6.81. The lowest BCUT2D eigenvalue weighted by Crippen LogP contribution is -2.36. The summed E-state index contributed by atoms with van der Waals surface area (Å²) < 4.78 is 5.75. The van der Waals surface area contributed by atoms with E-state index in [0.29, 0.717) is 0 Å². The fourth-order valence-electron chi connectivity index (χ4n) is 5.42. The molecular formula is C34H32N2O5. The van der Waals surface area contributed by atoms with Gasteiger partial charge in [0.1, 0.15) is 13.2 Å². The largest absolute Gasteiger partial charge is 0.480 e. The summed E-state index contributed by atoms with van der Waals surface area (Å²) >= 11 is 0. The zero-order chi connectivity index (χ0) is 28.6. The van der Waals surface area contributed by atoms with E-state index in [1.165, 1.54) is 4.90 Å². The molecule has 7 nitrogen and oxygen atoms in total. The molecular weight excluding hydrogens is 516 g/mol. The molecule has 0 saturated heterocycles. The average molecular weight is 549 g/mol. The van der Waals surface area contributed by atoms with Crippen LogP contribution in [0.2, 0.25) is 0 Å². The lowest BCUT2D eigenvalue weighted by molar-refractivity contribution is -0.145. The van der Waals surface area contributed by atoms with Crippen molar-refractivity contribution in [3.8, 4) is 11.1 Å². The molecule has 1 aliphatic rings. The van der Waals surface area contributed by atoms with E-state index in [0.717, 1.165) is 33.4 Å². The summed E-state index contributed by atoms with van der Waals surface area (Å²) in [5.74, 6) is -1.44. The van der Waals surface area contributed by atoms with Crippen molar-refractivity contribution in [3.05, 3.63) is 131 Å². The Morgan fingerprint density at radius 1 is 0.780 bits per heavy atom. The van der Waals surface area contributed by atoms with Crippen molar-refractivity contribution < 1.29 is 24.2 Å². The second-order valence-electron chi connectivity index (χ2n) is 10.1. The molecule has 0 aromatic heterocycles. The standard InChI is InChI=1S/C34H32N2O5/c37-32(36(22-33(38)39)21-24-11-3-1-4-12-24)20-19-31(25-13-5-2-6-14-25)35-34(40)41-23-30-28-17-9-7-15-26(28)27-16-8-10-18-29(27)30/h1-18,30-31H,19-23H2,(H,35,40)(H,38,39). The van der Waals surface area contributed by atoms with E-state index in [-0.39, 0.29) is 37.8 Å². The summed E-state index contributed by atoms with van der Waals surface area (Å²) in [7, 11) is 0. The van der Waals surface area contributed by atoms with Crippen LogP contribution in [0.3, 0.4) is 0 Å². The van der Waals surface area contributed by atoms with Crippen LogP contribution in [-0.4, -0.2) is 41.1 Å². The first-order valence-electron chi connectivity index (χ1n) is 13.7. The topological polar surface area (TPSA) is 95.9 Å². The van der Waals surface area contributed by atoms with Crippen molar-refractivity contribution in [2.75, 3.05) is 13.2 Å². The van der Waals surface area contributed by atoms with Gasteiger partial charge in [-0.3, -0.25) is 9.59 Å². The summed E-state index contributed by atoms with van der Waals surface area (Å²) in [6.07, 6.45) is -0.221. The van der Waals surface area contributed by atoms with E-state index in [4.69, 9.17) is 4.74 Å². The fourth-order valence-corrected chi connectivity index (χ4v) is 5.42. The van der Waals surface area contributed by atoms with Gasteiger partial charge in [0, 0.05) is 18.9 Å². The van der Waals surface area contributed by atoms with E-state index in [2.05, 4.69) is 29.6 Å². The lowest BCUT2D eigenvalue weighted by Gasteiger charge is -2.24. The Bertz CT molecular complexity index is 1460. The Labute approximate surface area is 239 Å². The number of carbonyl (C=O) groups excluding carboxylic acids is 2. The number of amides is 2. The van der Waals surface area contributed by atoms with Crippen LogP contribution in [-0.2, 0) is 20.9 Å². The minimum atomic E-state index is -1.08. The van der Waals surface area contributed by atoms with Gasteiger partial charge in [0.25, 0.3) is 0 Å².